The molecule has 0 rings (SSSR count). The molecule has 0 aliphatic carbocycles. The fraction of sp³-hybridized carbons (Fsp3) is 0.286. The molecule has 0 radical (unpaired) electrons. The molecule has 0 spiro atoms. The number of hydrogen-bond donors (Lipinski definition) is 0. The molecule has 0 saturated heterocycles. The van der Waals surface area contributed by atoms with E-state index in [0.717, 1.165) is 0 Å². The van der Waals surface area contributed by atoms with Crippen LogP contribution in [0.3, 0.4) is 0 Å². The lowest BCUT2D eigenvalue weighted by atomic mass is 10.1. The van der Waals surface area contributed by atoms with Crippen molar-refractivity contribution in [2.24, 2.45) is 0 Å². The molecule has 0 saturated carbocycles. The van der Waals surface area contributed by atoms with Gasteiger partial charge in [-0.15, -0.1) is 0 Å². The molecule has 0 amide bonds. The first-order valence-electron chi connectivity index (χ1n) is 5.35. The highest BCUT2D eigenvalue weighted by Gasteiger charge is 2.00. The molecule has 0 heterocycles. The average Bonchev–Trinajstić information content (AvgIpc) is 2.27. The van der Waals surface area contributed by atoms with Gasteiger partial charge in [0.25, 0.3) is 0 Å². The maximum Gasteiger partial charge on any atom is 0.156 e. The van der Waals surface area contributed by atoms with Gasteiger partial charge in [0.1, 0.15) is 0 Å². The van der Waals surface area contributed by atoms with Crippen molar-refractivity contribution < 1.29 is 9.59 Å². The molecule has 2 heteroatoms. The smallest absolute Gasteiger partial charge is 0.156 e. The van der Waals surface area contributed by atoms with E-state index < -0.39 is 0 Å². The highest BCUT2D eigenvalue weighted by molar-refractivity contribution is 5.96. The van der Waals surface area contributed by atoms with Crippen molar-refractivity contribution in [2.75, 3.05) is 0 Å². The van der Waals surface area contributed by atoms with Crippen molar-refractivity contribution in [1.29, 1.82) is 0 Å². The molecule has 2 nitrogen and oxygen atoms in total. The monoisotopic (exact) mass is 218 g/mol. The summed E-state index contributed by atoms with van der Waals surface area (Å²) in [6.07, 6.45) is 14.1. The van der Waals surface area contributed by atoms with Gasteiger partial charge in [0.2, 0.25) is 0 Å². The van der Waals surface area contributed by atoms with E-state index in [-0.39, 0.29) is 24.4 Å². The lowest BCUT2D eigenvalue weighted by Gasteiger charge is -1.91. The largest absolute Gasteiger partial charge is 0.295 e. The number of rotatable bonds is 7. The van der Waals surface area contributed by atoms with Crippen LogP contribution in [0, 0.1) is 0 Å². The van der Waals surface area contributed by atoms with Crippen LogP contribution >= 0.6 is 0 Å². The molecular formula is C14H18O2. The highest BCUT2D eigenvalue weighted by Crippen LogP contribution is 1.96. The van der Waals surface area contributed by atoms with Crippen molar-refractivity contribution in [3.63, 3.8) is 0 Å². The highest BCUT2D eigenvalue weighted by atomic mass is 16.1. The molecule has 0 fully saturated rings. The topological polar surface area (TPSA) is 34.1 Å². The lowest BCUT2D eigenvalue weighted by Crippen LogP contribution is -1.98. The van der Waals surface area contributed by atoms with Gasteiger partial charge in [-0.05, 0) is 26.0 Å². The Morgan fingerprint density at radius 1 is 0.750 bits per heavy atom. The molecule has 0 atom stereocenters. The number of carbonyl (C=O) groups is 2. The summed E-state index contributed by atoms with van der Waals surface area (Å²) in [5.41, 5.74) is 0. The average molecular weight is 218 g/mol. The standard InChI is InChI=1S/C14H18O2/c1-3-5-7-9-13(15)11-12-14(16)10-8-6-4-2/h3-10H,11-12H2,1-2H3. The Labute approximate surface area is 97.0 Å². The quantitative estimate of drug-likeness (QED) is 0.486. The summed E-state index contributed by atoms with van der Waals surface area (Å²) in [4.78, 5) is 22.5. The second kappa shape index (κ2) is 9.84. The molecular weight excluding hydrogens is 200 g/mol. The molecule has 0 aliphatic heterocycles. The van der Waals surface area contributed by atoms with Crippen LogP contribution < -0.4 is 0 Å². The van der Waals surface area contributed by atoms with Gasteiger partial charge in [0.05, 0.1) is 0 Å². The van der Waals surface area contributed by atoms with Crippen LogP contribution in [0.1, 0.15) is 26.7 Å². The van der Waals surface area contributed by atoms with E-state index in [2.05, 4.69) is 0 Å². The molecule has 0 aromatic carbocycles. The Balaban J connectivity index is 3.88. The molecule has 86 valence electrons. The van der Waals surface area contributed by atoms with Gasteiger partial charge < -0.3 is 0 Å². The normalized spacial score (nSPS) is 12.4. The van der Waals surface area contributed by atoms with Crippen LogP contribution in [-0.4, -0.2) is 11.6 Å². The van der Waals surface area contributed by atoms with Crippen LogP contribution in [0.2, 0.25) is 0 Å². The molecule has 0 N–H and O–H groups in total. The van der Waals surface area contributed by atoms with E-state index in [1.165, 1.54) is 12.2 Å². The van der Waals surface area contributed by atoms with Crippen LogP contribution in [-0.2, 0) is 9.59 Å². The van der Waals surface area contributed by atoms with Crippen molar-refractivity contribution in [3.05, 3.63) is 48.6 Å². The number of ketones is 2. The first-order chi connectivity index (χ1) is 7.70. The second-order valence-electron chi connectivity index (χ2n) is 3.20. The summed E-state index contributed by atoms with van der Waals surface area (Å²) < 4.78 is 0. The number of carbonyl (C=O) groups excluding carboxylic acids is 2. The zero-order chi connectivity index (χ0) is 12.2. The Hall–Kier alpha value is -1.70. The number of allylic oxidation sites excluding steroid dienone is 8. The fourth-order valence-electron chi connectivity index (χ4n) is 0.961. The van der Waals surface area contributed by atoms with Gasteiger partial charge in [-0.3, -0.25) is 9.59 Å². The maximum atomic E-state index is 11.2. The molecule has 0 aromatic heterocycles. The fourth-order valence-corrected chi connectivity index (χ4v) is 0.961. The predicted octanol–water partition coefficient (Wildman–Crippen LogP) is 3.17. The Kier molecular flexibility index (Phi) is 8.79. The molecule has 0 unspecified atom stereocenters. The van der Waals surface area contributed by atoms with Gasteiger partial charge in [0.15, 0.2) is 11.6 Å². The van der Waals surface area contributed by atoms with Crippen LogP contribution in [0.4, 0.5) is 0 Å². The summed E-state index contributed by atoms with van der Waals surface area (Å²) in [6.45, 7) is 3.76. The Morgan fingerprint density at radius 2 is 1.12 bits per heavy atom. The van der Waals surface area contributed by atoms with Gasteiger partial charge in [-0.1, -0.05) is 36.5 Å². The summed E-state index contributed by atoms with van der Waals surface area (Å²) in [5, 5.41) is 0. The summed E-state index contributed by atoms with van der Waals surface area (Å²) in [6, 6.07) is 0. The van der Waals surface area contributed by atoms with Crippen molar-refractivity contribution in [1.82, 2.24) is 0 Å². The minimum Gasteiger partial charge on any atom is -0.295 e. The van der Waals surface area contributed by atoms with Gasteiger partial charge >= 0.3 is 0 Å². The van der Waals surface area contributed by atoms with E-state index in [0.29, 0.717) is 0 Å². The SMILES string of the molecule is CC=CC=CC(=O)CCC(=O)C=CC=CC. The van der Waals surface area contributed by atoms with Crippen LogP contribution in [0.15, 0.2) is 48.6 Å². The van der Waals surface area contributed by atoms with Crippen molar-refractivity contribution in [3.8, 4) is 0 Å². The van der Waals surface area contributed by atoms with E-state index in [1.807, 2.05) is 26.0 Å². The van der Waals surface area contributed by atoms with Crippen LogP contribution in [0.5, 0.6) is 0 Å². The molecule has 0 bridgehead atoms. The zero-order valence-electron chi connectivity index (χ0n) is 9.85. The summed E-state index contributed by atoms with van der Waals surface area (Å²) in [7, 11) is 0. The third-order valence-electron chi connectivity index (χ3n) is 1.79. The lowest BCUT2D eigenvalue weighted by molar-refractivity contribution is -0.119. The van der Waals surface area contributed by atoms with E-state index in [9.17, 15) is 9.59 Å². The van der Waals surface area contributed by atoms with E-state index >= 15 is 0 Å². The second-order valence-corrected chi connectivity index (χ2v) is 3.20. The van der Waals surface area contributed by atoms with Gasteiger partial charge in [0, 0.05) is 12.8 Å². The summed E-state index contributed by atoms with van der Waals surface area (Å²) >= 11 is 0. The third kappa shape index (κ3) is 8.88. The van der Waals surface area contributed by atoms with E-state index in [4.69, 9.17) is 0 Å². The van der Waals surface area contributed by atoms with Crippen molar-refractivity contribution in [2.45, 2.75) is 26.7 Å². The predicted molar refractivity (Wildman–Crippen MR) is 67.2 cm³/mol. The number of hydrogen-bond acceptors (Lipinski definition) is 2. The molecule has 16 heavy (non-hydrogen) atoms. The molecule has 0 aliphatic rings. The minimum atomic E-state index is -0.0223. The van der Waals surface area contributed by atoms with Gasteiger partial charge in [-0.2, -0.15) is 0 Å². The van der Waals surface area contributed by atoms with Crippen molar-refractivity contribution >= 4 is 11.6 Å². The first-order valence-corrected chi connectivity index (χ1v) is 5.35. The van der Waals surface area contributed by atoms with Crippen LogP contribution in [0.25, 0.3) is 0 Å². The zero-order valence-corrected chi connectivity index (χ0v) is 9.85. The molecule has 0 aromatic rings. The maximum absolute atomic E-state index is 11.2. The Bertz CT molecular complexity index is 297. The minimum absolute atomic E-state index is 0.0223. The first kappa shape index (κ1) is 14.3. The summed E-state index contributed by atoms with van der Waals surface area (Å²) in [5.74, 6) is -0.0447. The van der Waals surface area contributed by atoms with E-state index in [1.54, 1.807) is 24.3 Å². The third-order valence-corrected chi connectivity index (χ3v) is 1.79. The Morgan fingerprint density at radius 3 is 1.44 bits per heavy atom. The van der Waals surface area contributed by atoms with Gasteiger partial charge in [-0.25, -0.2) is 0 Å².